The fourth-order valence-electron chi connectivity index (χ4n) is 3.69. The second-order valence-electron chi connectivity index (χ2n) is 6.60. The van der Waals surface area contributed by atoms with Crippen LogP contribution in [0.1, 0.15) is 48.0 Å². The Balaban J connectivity index is 2.01. The number of carbonyl (C=O) groups is 2. The summed E-state index contributed by atoms with van der Waals surface area (Å²) >= 11 is 0. The van der Waals surface area contributed by atoms with Crippen LogP contribution in [0.15, 0.2) is 48.5 Å². The molecule has 4 N–H and O–H groups in total. The van der Waals surface area contributed by atoms with Crippen LogP contribution in [0.25, 0.3) is 11.1 Å². The summed E-state index contributed by atoms with van der Waals surface area (Å²) < 4.78 is 0. The van der Waals surface area contributed by atoms with E-state index in [1.165, 1.54) is 0 Å². The van der Waals surface area contributed by atoms with E-state index in [0.29, 0.717) is 5.56 Å². The van der Waals surface area contributed by atoms with Gasteiger partial charge < -0.3 is 16.2 Å². The lowest BCUT2D eigenvalue weighted by Crippen LogP contribution is -2.46. The van der Waals surface area contributed by atoms with E-state index in [1.807, 2.05) is 30.3 Å². The highest BCUT2D eigenvalue weighted by Crippen LogP contribution is 2.38. The zero-order chi connectivity index (χ0) is 17.9. The molecule has 1 aliphatic carbocycles. The monoisotopic (exact) mass is 338 g/mol. The van der Waals surface area contributed by atoms with Crippen LogP contribution in [-0.2, 0) is 5.54 Å². The molecule has 3 rings (SSSR count). The minimum absolute atomic E-state index is 0.457. The van der Waals surface area contributed by atoms with Crippen LogP contribution < -0.4 is 11.1 Å². The molecule has 0 unspecified atom stereocenters. The molecule has 0 saturated heterocycles. The lowest BCUT2D eigenvalue weighted by atomic mass is 9.76. The van der Waals surface area contributed by atoms with E-state index < -0.39 is 17.5 Å². The Labute approximate surface area is 146 Å². The molecular formula is C20H22N2O3. The zero-order valence-electron chi connectivity index (χ0n) is 14.0. The van der Waals surface area contributed by atoms with Crippen molar-refractivity contribution in [1.29, 1.82) is 0 Å². The van der Waals surface area contributed by atoms with E-state index >= 15 is 0 Å². The first-order valence-electron chi connectivity index (χ1n) is 8.52. The summed E-state index contributed by atoms with van der Waals surface area (Å²) in [7, 11) is 0. The fourth-order valence-corrected chi connectivity index (χ4v) is 3.69. The van der Waals surface area contributed by atoms with Gasteiger partial charge in [-0.1, -0.05) is 49.6 Å². The van der Waals surface area contributed by atoms with E-state index in [0.717, 1.165) is 48.8 Å². The molecule has 0 heterocycles. The number of hydrogen-bond donors (Lipinski definition) is 3. The fraction of sp³-hybridized carbons (Fsp3) is 0.300. The Hall–Kier alpha value is -2.82. The number of rotatable bonds is 4. The van der Waals surface area contributed by atoms with Crippen molar-refractivity contribution in [1.82, 2.24) is 5.32 Å². The van der Waals surface area contributed by atoms with Crippen LogP contribution in [0.2, 0.25) is 0 Å². The Morgan fingerprint density at radius 1 is 0.960 bits per heavy atom. The first-order valence-corrected chi connectivity index (χ1v) is 8.52. The number of benzene rings is 2. The molecule has 0 aliphatic heterocycles. The van der Waals surface area contributed by atoms with Crippen LogP contribution in [0.4, 0.5) is 4.79 Å². The number of nitrogens with one attached hydrogen (secondary N) is 1. The lowest BCUT2D eigenvalue weighted by molar-refractivity contribution is 0.1000. The van der Waals surface area contributed by atoms with E-state index in [1.54, 1.807) is 18.2 Å². The molecular weight excluding hydrogens is 316 g/mol. The largest absolute Gasteiger partial charge is 0.465 e. The molecule has 0 bridgehead atoms. The third-order valence-corrected chi connectivity index (χ3v) is 4.95. The quantitative estimate of drug-likeness (QED) is 0.790. The molecule has 2 amide bonds. The van der Waals surface area contributed by atoms with Crippen molar-refractivity contribution < 1.29 is 14.7 Å². The summed E-state index contributed by atoms with van der Waals surface area (Å²) in [5.41, 5.74) is 8.09. The number of nitrogens with two attached hydrogens (primary N) is 1. The highest BCUT2D eigenvalue weighted by molar-refractivity contribution is 5.94. The molecule has 2 aromatic rings. The van der Waals surface area contributed by atoms with Gasteiger partial charge in [0.1, 0.15) is 0 Å². The van der Waals surface area contributed by atoms with Crippen molar-refractivity contribution in [3.63, 3.8) is 0 Å². The molecule has 130 valence electrons. The average molecular weight is 338 g/mol. The predicted octanol–water partition coefficient (Wildman–Crippen LogP) is 3.88. The third-order valence-electron chi connectivity index (χ3n) is 4.95. The molecule has 25 heavy (non-hydrogen) atoms. The Morgan fingerprint density at radius 3 is 2.24 bits per heavy atom. The Bertz CT molecular complexity index is 795. The van der Waals surface area contributed by atoms with Crippen LogP contribution in [0.3, 0.4) is 0 Å². The lowest BCUT2D eigenvalue weighted by Gasteiger charge is -2.38. The van der Waals surface area contributed by atoms with Crippen molar-refractivity contribution in [2.24, 2.45) is 5.73 Å². The summed E-state index contributed by atoms with van der Waals surface area (Å²) in [6.07, 6.45) is 3.73. The van der Waals surface area contributed by atoms with Crippen molar-refractivity contribution in [3.8, 4) is 11.1 Å². The first-order chi connectivity index (χ1) is 12.0. The van der Waals surface area contributed by atoms with Crippen LogP contribution >= 0.6 is 0 Å². The van der Waals surface area contributed by atoms with Crippen LogP contribution in [0, 0.1) is 0 Å². The van der Waals surface area contributed by atoms with Crippen LogP contribution in [-0.4, -0.2) is 17.1 Å². The van der Waals surface area contributed by atoms with E-state index in [4.69, 9.17) is 5.73 Å². The standard InChI is InChI=1S/C20H22N2O3/c21-18(23)16-8-4-6-14(12-16)15-7-5-9-17(13-15)20(22-19(24)25)10-2-1-3-11-20/h4-9,12-13,22H,1-3,10-11H2,(H2,21,23)(H,24,25). The molecule has 0 atom stereocenters. The van der Waals surface area contributed by atoms with Gasteiger partial charge in [0.05, 0.1) is 5.54 Å². The minimum Gasteiger partial charge on any atom is -0.465 e. The number of amides is 2. The first kappa shape index (κ1) is 17.0. The van der Waals surface area contributed by atoms with Gasteiger partial charge >= 0.3 is 6.09 Å². The van der Waals surface area contributed by atoms with E-state index in [-0.39, 0.29) is 0 Å². The average Bonchev–Trinajstić information content (AvgIpc) is 2.62. The smallest absolute Gasteiger partial charge is 0.405 e. The normalized spacial score (nSPS) is 16.2. The summed E-state index contributed by atoms with van der Waals surface area (Å²) in [4.78, 5) is 22.8. The van der Waals surface area contributed by atoms with Gasteiger partial charge in [-0.2, -0.15) is 0 Å². The van der Waals surface area contributed by atoms with E-state index in [9.17, 15) is 14.7 Å². The molecule has 1 fully saturated rings. The Kier molecular flexibility index (Phi) is 4.74. The highest BCUT2D eigenvalue weighted by atomic mass is 16.4. The maximum atomic E-state index is 11.4. The van der Waals surface area contributed by atoms with Gasteiger partial charge in [0.15, 0.2) is 0 Å². The number of hydrogen-bond acceptors (Lipinski definition) is 2. The van der Waals surface area contributed by atoms with E-state index in [2.05, 4.69) is 5.32 Å². The number of carboxylic acid groups (broad SMARTS) is 1. The van der Waals surface area contributed by atoms with Crippen molar-refractivity contribution in [2.75, 3.05) is 0 Å². The van der Waals surface area contributed by atoms with Gasteiger partial charge in [-0.15, -0.1) is 0 Å². The molecule has 0 aromatic heterocycles. The maximum Gasteiger partial charge on any atom is 0.405 e. The SMILES string of the molecule is NC(=O)c1cccc(-c2cccc(C3(NC(=O)O)CCCCC3)c2)c1. The summed E-state index contributed by atoms with van der Waals surface area (Å²) in [6.45, 7) is 0. The van der Waals surface area contributed by atoms with Gasteiger partial charge in [-0.05, 0) is 47.7 Å². The molecule has 0 radical (unpaired) electrons. The summed E-state index contributed by atoms with van der Waals surface area (Å²) in [5.74, 6) is -0.464. The molecule has 0 spiro atoms. The van der Waals surface area contributed by atoms with Gasteiger partial charge in [-0.3, -0.25) is 4.79 Å². The molecule has 2 aromatic carbocycles. The van der Waals surface area contributed by atoms with Crippen LogP contribution in [0.5, 0.6) is 0 Å². The molecule has 5 heteroatoms. The maximum absolute atomic E-state index is 11.4. The zero-order valence-corrected chi connectivity index (χ0v) is 14.0. The summed E-state index contributed by atoms with van der Waals surface area (Å²) in [6, 6.07) is 15.0. The van der Waals surface area contributed by atoms with Gasteiger partial charge in [-0.25, -0.2) is 4.79 Å². The second kappa shape index (κ2) is 6.97. The highest BCUT2D eigenvalue weighted by Gasteiger charge is 2.35. The molecule has 1 aliphatic rings. The third kappa shape index (κ3) is 3.65. The van der Waals surface area contributed by atoms with Crippen molar-refractivity contribution >= 4 is 12.0 Å². The molecule has 5 nitrogen and oxygen atoms in total. The number of carbonyl (C=O) groups excluding carboxylic acids is 1. The predicted molar refractivity (Wildman–Crippen MR) is 96.3 cm³/mol. The minimum atomic E-state index is -0.997. The van der Waals surface area contributed by atoms with Crippen molar-refractivity contribution in [3.05, 3.63) is 59.7 Å². The number of primary amides is 1. The van der Waals surface area contributed by atoms with Gasteiger partial charge in [0, 0.05) is 5.56 Å². The summed E-state index contributed by atoms with van der Waals surface area (Å²) in [5, 5.41) is 12.1. The van der Waals surface area contributed by atoms with Gasteiger partial charge in [0.25, 0.3) is 0 Å². The Morgan fingerprint density at radius 2 is 1.60 bits per heavy atom. The molecule has 1 saturated carbocycles. The van der Waals surface area contributed by atoms with Crippen molar-refractivity contribution in [2.45, 2.75) is 37.6 Å². The topological polar surface area (TPSA) is 92.4 Å². The second-order valence-corrected chi connectivity index (χ2v) is 6.60. The van der Waals surface area contributed by atoms with Gasteiger partial charge in [0.2, 0.25) is 5.91 Å².